The number of hydrogen-bond donors (Lipinski definition) is 12. The summed E-state index contributed by atoms with van der Waals surface area (Å²) < 4.78 is 43.1. The Morgan fingerprint density at radius 2 is 1.12 bits per heavy atom. The zero-order valence-electron chi connectivity index (χ0n) is 66.7. The van der Waals surface area contributed by atoms with Crippen molar-refractivity contribution in [1.82, 2.24) is 82.7 Å². The van der Waals surface area contributed by atoms with Crippen molar-refractivity contribution in [1.29, 1.82) is 0 Å². The molecule has 1 amide bonds. The van der Waals surface area contributed by atoms with Gasteiger partial charge in [0.05, 0.1) is 96.2 Å². The minimum absolute atomic E-state index is 0.0292. The Balaban J connectivity index is 0.000000167. The molecule has 114 heavy (non-hydrogen) atoms. The molecule has 1 unspecified atom stereocenters. The zero-order chi connectivity index (χ0) is 83.6. The quantitative estimate of drug-likeness (QED) is 0.0105. The van der Waals surface area contributed by atoms with Crippen molar-refractivity contribution < 1.29 is 57.8 Å². The molecule has 0 radical (unpaired) electrons. The summed E-state index contributed by atoms with van der Waals surface area (Å²) >= 11 is 18.4. The summed E-state index contributed by atoms with van der Waals surface area (Å²) in [6, 6.07) is 0.258. The van der Waals surface area contributed by atoms with Gasteiger partial charge in [-0.2, -0.15) is 29.9 Å². The maximum atomic E-state index is 12.7. The van der Waals surface area contributed by atoms with Gasteiger partial charge in [0, 0.05) is 35.1 Å². The number of H-pyrrole nitrogens is 2. The second-order valence-corrected chi connectivity index (χ2v) is 47.5. The fourth-order valence-electron chi connectivity index (χ4n) is 14.9. The first-order valence-electron chi connectivity index (χ1n) is 37.9. The van der Waals surface area contributed by atoms with Gasteiger partial charge in [-0.05, 0) is 56.3 Å². The summed E-state index contributed by atoms with van der Waals surface area (Å²) in [7, 11) is -6.36. The number of nitrogen functional groups attached to an aromatic ring is 3. The molecule has 13 rings (SSSR count). The van der Waals surface area contributed by atoms with E-state index >= 15 is 0 Å². The lowest BCUT2D eigenvalue weighted by molar-refractivity contribution is -0.118. The smallest absolute Gasteiger partial charge is 0.343 e. The third-order valence-electron chi connectivity index (χ3n) is 21.1. The Morgan fingerprint density at radius 1 is 0.649 bits per heavy atom. The fourth-order valence-corrected chi connectivity index (χ4v) is 32.0. The predicted octanol–water partition coefficient (Wildman–Crippen LogP) is 8.77. The van der Waals surface area contributed by atoms with Crippen LogP contribution in [-0.2, 0) is 27.1 Å². The van der Waals surface area contributed by atoms with Crippen molar-refractivity contribution in [3.8, 4) is 0 Å². The lowest BCUT2D eigenvalue weighted by Gasteiger charge is -2.44. The van der Waals surface area contributed by atoms with Crippen LogP contribution in [0, 0.1) is 24.3 Å². The van der Waals surface area contributed by atoms with E-state index in [-0.39, 0.29) is 151 Å². The average Bonchev–Trinajstić information content (AvgIpc) is 1.59. The first kappa shape index (κ1) is 90.8. The highest BCUT2D eigenvalue weighted by Crippen LogP contribution is 2.56. The SMILES string of the molecule is CC(C)[Si]1(C(C)C)CO[Si](C(C)C)(C(C)C)OC[C@H]2S[C@@H](n3cnc4c(Cl)nc(N)nc43)[C@H](C)[C@@H]2O1.C[C@@H]1[C@H](O)[C@@H](CO)S[C@H]1n1cnc2c(Cl)nc(N)nc21.Nc1nc2c(ncn2[C@@H]2S[C@H](CO)[C@@H](O)[C@H]2O)c(=O)[nH]1.[C-]#[N+]CCOP(O[C@H]1[C@@H](O)[C@H](n2cnc3c(=O)[nH]c(NC(=O)C(C)C)nc32)S[C@@H]1CC)N(C(C)C)C(C)C. The van der Waals surface area contributed by atoms with E-state index in [1.54, 1.807) is 24.7 Å². The van der Waals surface area contributed by atoms with Crippen molar-refractivity contribution in [3.05, 3.63) is 67.7 Å². The van der Waals surface area contributed by atoms with Gasteiger partial charge in [-0.25, -0.2) is 31.2 Å². The van der Waals surface area contributed by atoms with Crippen LogP contribution < -0.4 is 33.6 Å². The second-order valence-electron chi connectivity index (χ2n) is 30.8. The Kier molecular flexibility index (Phi) is 30.5. The van der Waals surface area contributed by atoms with Crippen LogP contribution >= 0.6 is 78.8 Å². The number of aliphatic hydroxyl groups is 6. The van der Waals surface area contributed by atoms with Crippen LogP contribution in [0.2, 0.25) is 32.5 Å². The van der Waals surface area contributed by atoms with Crippen molar-refractivity contribution in [2.45, 2.75) is 237 Å². The van der Waals surface area contributed by atoms with Gasteiger partial charge in [0.15, 0.2) is 43.9 Å². The molecular formula is C69H107Cl2N22O14PS4Si2. The van der Waals surface area contributed by atoms with Crippen molar-refractivity contribution in [3.63, 3.8) is 0 Å². The number of aromatic amines is 2. The van der Waals surface area contributed by atoms with E-state index in [1.807, 2.05) is 36.5 Å². The first-order chi connectivity index (χ1) is 53.9. The molecule has 5 aliphatic rings. The number of halogens is 2. The number of aromatic nitrogens is 16. The molecule has 5 saturated heterocycles. The van der Waals surface area contributed by atoms with Gasteiger partial charge in [0.25, 0.3) is 19.6 Å². The maximum Gasteiger partial charge on any atom is 0.343 e. The largest absolute Gasteiger partial charge is 0.410 e. The van der Waals surface area contributed by atoms with Gasteiger partial charge in [-0.1, -0.05) is 113 Å². The van der Waals surface area contributed by atoms with E-state index in [2.05, 4.69) is 169 Å². The Hall–Kier alpha value is -5.48. The normalized spacial score (nSPS) is 27.2. The van der Waals surface area contributed by atoms with E-state index < -0.39 is 83.0 Å². The lowest BCUT2D eigenvalue weighted by Crippen LogP contribution is -2.57. The number of carbonyl (C=O) groups excluding carboxylic acids is 1. The Bertz CT molecular complexity index is 4770. The second kappa shape index (κ2) is 38.3. The highest BCUT2D eigenvalue weighted by Gasteiger charge is 2.57. The third-order valence-corrected chi connectivity index (χ3v) is 40.4. The number of nitrogens with zero attached hydrogens (tertiary/aromatic N) is 16. The third kappa shape index (κ3) is 18.7. The summed E-state index contributed by atoms with van der Waals surface area (Å²) in [4.78, 5) is 86.8. The number of nitrogens with one attached hydrogen (secondary N) is 3. The highest BCUT2D eigenvalue weighted by atomic mass is 35.5. The van der Waals surface area contributed by atoms with E-state index in [0.29, 0.717) is 57.3 Å². The van der Waals surface area contributed by atoms with Crippen LogP contribution in [0.1, 0.15) is 146 Å². The van der Waals surface area contributed by atoms with Crippen LogP contribution in [0.4, 0.5) is 23.8 Å². The number of amides is 1. The molecule has 0 spiro atoms. The molecule has 8 aromatic heterocycles. The summed E-state index contributed by atoms with van der Waals surface area (Å²) in [6.07, 6.45) is 3.47. The number of anilines is 4. The molecule has 13 heterocycles. The van der Waals surface area contributed by atoms with Gasteiger partial charge in [0.2, 0.25) is 44.6 Å². The molecule has 628 valence electrons. The van der Waals surface area contributed by atoms with Crippen molar-refractivity contribution in [2.24, 2.45) is 17.8 Å². The van der Waals surface area contributed by atoms with Crippen molar-refractivity contribution in [2.75, 3.05) is 61.7 Å². The Morgan fingerprint density at radius 3 is 1.61 bits per heavy atom. The minimum atomic E-state index is -2.49. The topological polar surface area (TPSA) is 497 Å². The molecule has 5 aliphatic heterocycles. The molecule has 15 N–H and O–H groups in total. The van der Waals surface area contributed by atoms with Gasteiger partial charge in [-0.15, -0.1) is 47.0 Å². The molecule has 8 aromatic rings. The first-order valence-corrected chi connectivity index (χ1v) is 47.8. The van der Waals surface area contributed by atoms with Crippen LogP contribution in [0.5, 0.6) is 0 Å². The lowest BCUT2D eigenvalue weighted by atomic mass is 10.0. The molecule has 36 nitrogen and oxygen atoms in total. The van der Waals surface area contributed by atoms with Gasteiger partial charge in [0.1, 0.15) is 46.7 Å². The minimum Gasteiger partial charge on any atom is -0.410 e. The highest BCUT2D eigenvalue weighted by molar-refractivity contribution is 8.01. The van der Waals surface area contributed by atoms with Gasteiger partial charge in [-0.3, -0.25) is 38.8 Å². The van der Waals surface area contributed by atoms with Crippen molar-refractivity contribution >= 4 is 170 Å². The number of imidazole rings is 4. The maximum absolute atomic E-state index is 12.7. The number of rotatable bonds is 21. The van der Waals surface area contributed by atoms with Crippen LogP contribution in [0.25, 0.3) is 49.5 Å². The van der Waals surface area contributed by atoms with E-state index in [9.17, 15) is 39.9 Å². The molecular weight excluding hydrogens is 1650 g/mol. The molecule has 0 saturated carbocycles. The van der Waals surface area contributed by atoms with Crippen LogP contribution in [0.15, 0.2) is 34.9 Å². The van der Waals surface area contributed by atoms with E-state index in [0.717, 1.165) is 6.42 Å². The number of hydrogen-bond acceptors (Lipinski definition) is 32. The average molecular weight is 1760 g/mol. The zero-order valence-corrected chi connectivity index (χ0v) is 74.4. The van der Waals surface area contributed by atoms with Gasteiger partial charge >= 0.3 is 8.56 Å². The van der Waals surface area contributed by atoms with Crippen LogP contribution in [0.3, 0.4) is 0 Å². The summed E-state index contributed by atoms with van der Waals surface area (Å²) in [5.74, 6) is -0.210. The summed E-state index contributed by atoms with van der Waals surface area (Å²) in [6.45, 7) is 44.1. The monoisotopic (exact) mass is 1750 g/mol. The molecule has 0 aromatic carbocycles. The molecule has 0 bridgehead atoms. The summed E-state index contributed by atoms with van der Waals surface area (Å²) in [5.41, 5.74) is 20.6. The summed E-state index contributed by atoms with van der Waals surface area (Å²) in [5, 5.41) is 61.3. The number of fused-ring (bicyclic) bond motifs is 5. The Labute approximate surface area is 690 Å². The molecule has 17 atom stereocenters. The van der Waals surface area contributed by atoms with Crippen LogP contribution in [-0.4, -0.2) is 245 Å². The molecule has 45 heteroatoms. The number of thioether (sulfide) groups is 4. The number of nitrogens with two attached hydrogens (primary N) is 3. The molecule has 0 aliphatic carbocycles. The number of carbonyl (C=O) groups is 1. The molecule has 5 fully saturated rings. The van der Waals surface area contributed by atoms with E-state index in [1.165, 1.54) is 52.5 Å². The fraction of sp³-hybridized carbons (Fsp3) is 0.681. The number of aliphatic hydroxyl groups excluding tert-OH is 6. The standard InChI is InChI=1S/C24H42ClN5O3SSi2.C24H38N7O5PS.C11H14ClN5O2S.C10H13N5O4S/c1-13(2)35(14(3)4)12-32-36(15(5)6,16(7)8)31-10-18-20(33-35)17(9)23(34-18)30-11-27-19-21(25)28-24(26)29-22(19)30;1-9-16-19(36-37(35-11-10-25-8)31(14(4)5)15(6)7)18(32)23(38-16)30-12-26-17-20(30)27-24(29-22(17)34)28-21(33)13(2)3;1-4-7(19)5(2-18)20-10(4)17-3-14-6-8(12)15-11(13)16-9(6)17;11-10-13-7-4(8(19)14-10)12-2-15(7)9-6(18)5(17)3(1-16)20-9/h11,13-18,20,23H,10,12H2,1-9H3,(H2,26,28,29);12-16,18-19,23,32H,9-11H2,1-7H3,(H2,27,28,29,33,34);3-5,7,10,18-19H,2H2,1H3,(H2,13,15,16);2-3,5-6,9,16-18H,1H2,(H3,11,13,14,19)/t17-,18-,20+,23-;16-,18-,19-,23-,37?;4-,5-,7+,10-;3-,5-,6-,9-/m1111/s1. The van der Waals surface area contributed by atoms with Gasteiger partial charge < -0.3 is 84.1 Å². The predicted molar refractivity (Wildman–Crippen MR) is 452 cm³/mol. The van der Waals surface area contributed by atoms with E-state index in [4.69, 9.17) is 74.4 Å².